The maximum atomic E-state index is 15.1. The molecular weight excluding hydrogens is 527 g/mol. The molecule has 3 heterocycles. The Labute approximate surface area is 227 Å². The fraction of sp³-hybridized carbons (Fsp3) is 0.400. The molecule has 2 fully saturated rings. The van der Waals surface area contributed by atoms with E-state index >= 15 is 4.39 Å². The minimum Gasteiger partial charge on any atom is -0.442 e. The van der Waals surface area contributed by atoms with Crippen molar-refractivity contribution in [3.63, 3.8) is 0 Å². The summed E-state index contributed by atoms with van der Waals surface area (Å²) < 4.78 is 22.1. The number of cyclic esters (lactones) is 1. The molecule has 5 rings (SSSR count). The van der Waals surface area contributed by atoms with E-state index in [2.05, 4.69) is 15.6 Å². The summed E-state index contributed by atoms with van der Waals surface area (Å²) in [5.41, 5.74) is 1.64. The summed E-state index contributed by atoms with van der Waals surface area (Å²) in [5.74, 6) is -1.32. The van der Waals surface area contributed by atoms with Crippen LogP contribution >= 0.6 is 0 Å². The maximum Gasteiger partial charge on any atom is 0.414 e. The molecule has 2 aromatic rings. The number of nitrogens with one attached hydrogen (secondary N) is 1. The molecule has 210 valence electrons. The third-order valence-electron chi connectivity index (χ3n) is 6.91. The minimum absolute atomic E-state index is 0.0735. The fourth-order valence-corrected chi connectivity index (χ4v) is 4.81. The lowest BCUT2D eigenvalue weighted by Gasteiger charge is -2.36. The van der Waals surface area contributed by atoms with Gasteiger partial charge >= 0.3 is 6.09 Å². The number of ether oxygens (including phenoxy) is 1. The molecule has 0 saturated carbocycles. The number of nitrogens with zero attached hydrogens (tertiary/aromatic N) is 7. The molecule has 15 heteroatoms. The first-order valence-corrected chi connectivity index (χ1v) is 12.7. The van der Waals surface area contributed by atoms with Gasteiger partial charge in [-0.2, -0.15) is 0 Å². The predicted octanol–water partition coefficient (Wildman–Crippen LogP) is 1.01. The number of benzene rings is 1. The number of nitro groups is 1. The van der Waals surface area contributed by atoms with Crippen LogP contribution in [0.4, 0.5) is 20.6 Å². The molecule has 2 aliphatic heterocycles. The average Bonchev–Trinajstić information content (AvgIpc) is 3.67. The monoisotopic (exact) mass is 554 g/mol. The van der Waals surface area contributed by atoms with Crippen molar-refractivity contribution in [2.45, 2.75) is 26.0 Å². The van der Waals surface area contributed by atoms with Crippen LogP contribution in [-0.4, -0.2) is 88.1 Å². The van der Waals surface area contributed by atoms with Crippen molar-refractivity contribution < 1.29 is 28.4 Å². The van der Waals surface area contributed by atoms with E-state index in [-0.39, 0.29) is 36.7 Å². The summed E-state index contributed by atoms with van der Waals surface area (Å²) in [4.78, 5) is 52.3. The normalized spacial score (nSPS) is 18.9. The number of anilines is 2. The van der Waals surface area contributed by atoms with Gasteiger partial charge in [-0.1, -0.05) is 5.21 Å². The number of hydrogen-bond acceptors (Lipinski definition) is 9. The number of piperazine rings is 1. The molecule has 3 amide bonds. The summed E-state index contributed by atoms with van der Waals surface area (Å²) in [5, 5.41) is 21.2. The Hall–Kier alpha value is -4.82. The van der Waals surface area contributed by atoms with E-state index < -0.39 is 28.8 Å². The third kappa shape index (κ3) is 5.77. The second-order valence-electron chi connectivity index (χ2n) is 9.67. The van der Waals surface area contributed by atoms with Crippen LogP contribution in [-0.2, 0) is 20.9 Å². The molecule has 0 unspecified atom stereocenters. The first kappa shape index (κ1) is 26.8. The molecule has 1 N–H and O–H groups in total. The van der Waals surface area contributed by atoms with E-state index in [0.717, 1.165) is 5.69 Å². The van der Waals surface area contributed by atoms with Crippen LogP contribution in [0.2, 0.25) is 0 Å². The standard InChI is InChI=1S/C25H27FN8O6/c1-16-13-32(29-28-16)14-20-15-33(25(37)40-20)18-4-5-22(21(26)11-18)30-6-8-31(9-7-30)23(35)12-27-24(36)17-2-3-19(10-17)34(38)39/h2-5,11,13,20H,6-10,12,14-15H2,1H3,(H,27,36)/t20-/m0/s1. The number of halogens is 1. The Balaban J connectivity index is 1.10. The number of carbonyl (C=O) groups excluding carboxylic acids is 3. The molecule has 1 aliphatic carbocycles. The zero-order valence-electron chi connectivity index (χ0n) is 21.7. The maximum absolute atomic E-state index is 15.1. The second kappa shape index (κ2) is 11.1. The van der Waals surface area contributed by atoms with Gasteiger partial charge in [-0.05, 0) is 31.2 Å². The van der Waals surface area contributed by atoms with Crippen molar-refractivity contribution >= 4 is 29.3 Å². The predicted molar refractivity (Wildman–Crippen MR) is 138 cm³/mol. The smallest absolute Gasteiger partial charge is 0.414 e. The van der Waals surface area contributed by atoms with E-state index in [9.17, 15) is 24.5 Å². The quantitative estimate of drug-likeness (QED) is 0.372. The largest absolute Gasteiger partial charge is 0.442 e. The SMILES string of the molecule is Cc1cn(C[C@H]2CN(c3ccc(N4CCN(C(=O)CNC(=O)C5=CC=C([N+](=O)[O-])C5)CC4)c(F)c3)C(=O)O2)nn1. The van der Waals surface area contributed by atoms with Crippen molar-refractivity contribution in [1.82, 2.24) is 25.2 Å². The van der Waals surface area contributed by atoms with E-state index in [1.165, 1.54) is 23.1 Å². The van der Waals surface area contributed by atoms with Crippen molar-refractivity contribution in [3.05, 3.63) is 69.4 Å². The van der Waals surface area contributed by atoms with E-state index in [1.54, 1.807) is 27.9 Å². The second-order valence-corrected chi connectivity index (χ2v) is 9.67. The molecule has 0 spiro atoms. The lowest BCUT2D eigenvalue weighted by Crippen LogP contribution is -2.51. The van der Waals surface area contributed by atoms with Crippen molar-refractivity contribution in [2.75, 3.05) is 49.1 Å². The lowest BCUT2D eigenvalue weighted by atomic mass is 10.2. The Morgan fingerprint density at radius 3 is 2.65 bits per heavy atom. The molecule has 40 heavy (non-hydrogen) atoms. The van der Waals surface area contributed by atoms with Gasteiger partial charge in [0.25, 0.3) is 5.70 Å². The highest BCUT2D eigenvalue weighted by molar-refractivity contribution is 5.97. The highest BCUT2D eigenvalue weighted by Crippen LogP contribution is 2.29. The summed E-state index contributed by atoms with van der Waals surface area (Å²) in [6.07, 6.45) is 3.30. The number of aryl methyl sites for hydroxylation is 1. The van der Waals surface area contributed by atoms with E-state index in [0.29, 0.717) is 44.1 Å². The summed E-state index contributed by atoms with van der Waals surface area (Å²) in [6, 6.07) is 4.56. The Kier molecular flexibility index (Phi) is 7.44. The molecule has 3 aliphatic rings. The lowest BCUT2D eigenvalue weighted by molar-refractivity contribution is -0.426. The third-order valence-corrected chi connectivity index (χ3v) is 6.91. The molecule has 2 saturated heterocycles. The van der Waals surface area contributed by atoms with Crippen LogP contribution in [0.3, 0.4) is 0 Å². The topological polar surface area (TPSA) is 156 Å². The summed E-state index contributed by atoms with van der Waals surface area (Å²) >= 11 is 0. The van der Waals surface area contributed by atoms with Crippen LogP contribution in [0.15, 0.2) is 47.8 Å². The number of amides is 3. The number of rotatable bonds is 8. The van der Waals surface area contributed by atoms with E-state index in [4.69, 9.17) is 4.74 Å². The summed E-state index contributed by atoms with van der Waals surface area (Å²) in [6.45, 7) is 3.57. The van der Waals surface area contributed by atoms with Gasteiger partial charge in [-0.15, -0.1) is 5.10 Å². The first-order valence-electron chi connectivity index (χ1n) is 12.7. The van der Waals surface area contributed by atoms with Gasteiger partial charge in [0.2, 0.25) is 11.8 Å². The van der Waals surface area contributed by atoms with Crippen molar-refractivity contribution in [3.8, 4) is 0 Å². The molecule has 0 radical (unpaired) electrons. The highest BCUT2D eigenvalue weighted by atomic mass is 19.1. The van der Waals surface area contributed by atoms with Gasteiger partial charge in [-0.25, -0.2) is 13.9 Å². The number of hydrogen-bond donors (Lipinski definition) is 1. The summed E-state index contributed by atoms with van der Waals surface area (Å²) in [7, 11) is 0. The molecule has 0 bridgehead atoms. The molecule has 14 nitrogen and oxygen atoms in total. The fourth-order valence-electron chi connectivity index (χ4n) is 4.81. The van der Waals surface area contributed by atoms with Crippen LogP contribution in [0.5, 0.6) is 0 Å². The Bertz CT molecular complexity index is 1410. The van der Waals surface area contributed by atoms with Crippen LogP contribution in [0, 0.1) is 22.9 Å². The zero-order chi connectivity index (χ0) is 28.4. The minimum atomic E-state index is -0.563. The number of allylic oxidation sites excluding steroid dienone is 3. The van der Waals surface area contributed by atoms with Crippen LogP contribution < -0.4 is 15.1 Å². The van der Waals surface area contributed by atoms with Gasteiger partial charge in [0.05, 0.1) is 48.0 Å². The van der Waals surface area contributed by atoms with Gasteiger partial charge in [0.1, 0.15) is 11.9 Å². The van der Waals surface area contributed by atoms with Crippen molar-refractivity contribution in [1.29, 1.82) is 0 Å². The van der Waals surface area contributed by atoms with Crippen LogP contribution in [0.25, 0.3) is 0 Å². The number of carbonyl (C=O) groups is 3. The Morgan fingerprint density at radius 1 is 1.23 bits per heavy atom. The van der Waals surface area contributed by atoms with Crippen molar-refractivity contribution in [2.24, 2.45) is 0 Å². The number of aromatic nitrogens is 3. The molecule has 1 atom stereocenters. The molecule has 1 aromatic carbocycles. The highest BCUT2D eigenvalue weighted by Gasteiger charge is 2.34. The Morgan fingerprint density at radius 2 is 2.00 bits per heavy atom. The van der Waals surface area contributed by atoms with Gasteiger partial charge in [-0.3, -0.25) is 24.6 Å². The van der Waals surface area contributed by atoms with Gasteiger partial charge in [0, 0.05) is 44.0 Å². The zero-order valence-corrected chi connectivity index (χ0v) is 21.7. The van der Waals surface area contributed by atoms with Crippen LogP contribution in [0.1, 0.15) is 12.1 Å². The molecule has 1 aromatic heterocycles. The first-order chi connectivity index (χ1) is 19.2. The van der Waals surface area contributed by atoms with Gasteiger partial charge < -0.3 is 19.9 Å². The molecular formula is C25H27FN8O6. The van der Waals surface area contributed by atoms with E-state index in [1.807, 2.05) is 11.8 Å². The average molecular weight is 555 g/mol. The van der Waals surface area contributed by atoms with Gasteiger partial charge in [0.15, 0.2) is 0 Å².